The summed E-state index contributed by atoms with van der Waals surface area (Å²) in [5.74, 6) is -8.20. The molecule has 16 atom stereocenters. The molecule has 0 radical (unpaired) electrons. The number of carbonyl (C=O) groups is 6. The van der Waals surface area contributed by atoms with Crippen LogP contribution in [0.4, 0.5) is 4.79 Å². The van der Waals surface area contributed by atoms with Gasteiger partial charge >= 0.3 is 12.1 Å². The van der Waals surface area contributed by atoms with Crippen LogP contribution in [0.1, 0.15) is 145 Å². The molecule has 3 saturated heterocycles. The van der Waals surface area contributed by atoms with E-state index in [-0.39, 0.29) is 81.3 Å². The Balaban J connectivity index is 1.31. The first-order valence-electron chi connectivity index (χ1n) is 32.3. The first-order chi connectivity index (χ1) is 41.9. The fourth-order valence-corrected chi connectivity index (χ4v) is 12.9. The molecule has 88 heavy (non-hydrogen) atoms. The van der Waals surface area contributed by atoms with Crippen molar-refractivity contribution < 1.29 is 86.7 Å². The first kappa shape index (κ1) is 74.3. The van der Waals surface area contributed by atoms with Crippen LogP contribution in [-0.2, 0) is 66.6 Å². The lowest BCUT2D eigenvalue weighted by Crippen LogP contribution is -2.61. The van der Waals surface area contributed by atoms with E-state index in [0.29, 0.717) is 109 Å². The minimum Gasteiger partial charge on any atom is -0.460 e. The highest BCUT2D eigenvalue weighted by Gasteiger charge is 2.53. The molecule has 0 spiro atoms. The molecule has 3 amide bonds. The number of nitrogens with zero attached hydrogens (tertiary/aromatic N) is 2. The molecular formula is C66H108N4O18. The number of hydrogen-bond acceptors (Lipinski definition) is 19. The lowest BCUT2D eigenvalue weighted by atomic mass is 9.78. The van der Waals surface area contributed by atoms with E-state index in [9.17, 15) is 44.1 Å². The minimum atomic E-state index is -2.47. The molecular weight excluding hydrogens is 1140 g/mol. The number of methoxy groups -OCH3 is 3. The summed E-state index contributed by atoms with van der Waals surface area (Å²) in [6.45, 7) is 18.2. The van der Waals surface area contributed by atoms with Crippen molar-refractivity contribution in [2.24, 2.45) is 41.2 Å². The largest absolute Gasteiger partial charge is 0.460 e. The van der Waals surface area contributed by atoms with Crippen molar-refractivity contribution >= 4 is 35.4 Å². The molecule has 1 saturated carbocycles. The molecule has 5 aliphatic rings. The lowest BCUT2D eigenvalue weighted by Gasteiger charge is -2.43. The van der Waals surface area contributed by atoms with Gasteiger partial charge in [-0.25, -0.2) is 9.59 Å². The molecule has 5 rings (SSSR count). The van der Waals surface area contributed by atoms with E-state index in [1.165, 1.54) is 12.0 Å². The van der Waals surface area contributed by atoms with Gasteiger partial charge in [0.2, 0.25) is 11.7 Å². The monoisotopic (exact) mass is 1240 g/mol. The summed E-state index contributed by atoms with van der Waals surface area (Å²) in [6, 6.07) is -1.18. The van der Waals surface area contributed by atoms with Gasteiger partial charge in [-0.3, -0.25) is 19.2 Å². The predicted octanol–water partition coefficient (Wildman–Crippen LogP) is 6.10. The van der Waals surface area contributed by atoms with E-state index in [2.05, 4.69) is 5.32 Å². The lowest BCUT2D eigenvalue weighted by molar-refractivity contribution is -0.265. The topological polar surface area (TPSA) is 291 Å². The van der Waals surface area contributed by atoms with E-state index in [1.807, 2.05) is 65.0 Å². The molecule has 1 aliphatic carbocycles. The second-order valence-electron chi connectivity index (χ2n) is 25.5. The summed E-state index contributed by atoms with van der Waals surface area (Å²) in [6.07, 6.45) is 9.52. The van der Waals surface area contributed by atoms with Crippen LogP contribution in [-0.4, -0.2) is 214 Å². The van der Waals surface area contributed by atoms with Crippen molar-refractivity contribution in [3.63, 3.8) is 0 Å². The summed E-state index contributed by atoms with van der Waals surface area (Å²) in [5, 5.41) is 38.7. The van der Waals surface area contributed by atoms with Gasteiger partial charge in [0.25, 0.3) is 11.7 Å². The SMILES string of the molecule is CCOCCOCCOCCNC(=O)C1(N)CCN(C(=O)O[C@@H]2CC[C@@H](C[C@@H](C)[C@@H]3C[C@@H](O)[C@H](C)/C=C(\C)[C@@H](O)[C@@H](OC)C(=O)[C@H](C)C[C@H](C)/C=C/C=C/C=C(\C)[C@@H](OC)C[C@@H]4CC[C@@H](C)[C@@](O)(O4)C(=O)C(=O)N4CCCC[C@H]4C(=O)O3)C[C@H]2OC)CC1. The van der Waals surface area contributed by atoms with Crippen molar-refractivity contribution in [2.75, 3.05) is 87.1 Å². The van der Waals surface area contributed by atoms with Gasteiger partial charge < -0.3 is 78.8 Å². The number of aliphatic hydroxyl groups excluding tert-OH is 2. The number of nitrogens with two attached hydrogens (primary N) is 1. The number of carbonyl (C=O) groups excluding carboxylic acids is 6. The Morgan fingerprint density at radius 1 is 0.795 bits per heavy atom. The number of nitrogens with one attached hydrogen (secondary N) is 1. The molecule has 500 valence electrons. The van der Waals surface area contributed by atoms with Crippen molar-refractivity contribution in [3.05, 3.63) is 47.6 Å². The van der Waals surface area contributed by atoms with Crippen molar-refractivity contribution in [1.29, 1.82) is 0 Å². The molecule has 0 aromatic heterocycles. The third-order valence-electron chi connectivity index (χ3n) is 18.7. The summed E-state index contributed by atoms with van der Waals surface area (Å²) >= 11 is 0. The van der Waals surface area contributed by atoms with Crippen molar-refractivity contribution in [3.8, 4) is 0 Å². The van der Waals surface area contributed by atoms with Gasteiger partial charge in [-0.05, 0) is 127 Å². The number of amides is 3. The third kappa shape index (κ3) is 21.3. The zero-order valence-corrected chi connectivity index (χ0v) is 54.5. The zero-order valence-electron chi connectivity index (χ0n) is 54.5. The Labute approximate surface area is 522 Å². The van der Waals surface area contributed by atoms with Gasteiger partial charge in [0.1, 0.15) is 30.5 Å². The average Bonchev–Trinajstić information content (AvgIpc) is 0.999. The highest BCUT2D eigenvalue weighted by Crippen LogP contribution is 2.39. The summed E-state index contributed by atoms with van der Waals surface area (Å²) in [7, 11) is 4.52. The fraction of sp³-hybridized carbons (Fsp3) is 0.788. The van der Waals surface area contributed by atoms with Gasteiger partial charge in [0, 0.05) is 84.7 Å². The van der Waals surface area contributed by atoms with Crippen LogP contribution in [0.3, 0.4) is 0 Å². The molecule has 22 nitrogen and oxygen atoms in total. The first-order valence-corrected chi connectivity index (χ1v) is 32.3. The standard InChI is InChI=1S/C66H108N4O18/c1-12-83-32-33-85-35-34-84-31-27-68-63(77)65(67)25-29-69(30-26-65)64(78)87-53-24-22-49(39-56(53)81-10)38-45(5)55-41-52(71)44(4)37-47(7)58(73)59(82-11)57(72)46(6)36-42(2)18-14-13-15-19-43(3)54(80-9)40-50-23-21-48(8)66(79,88-50)60(74)61(75)70-28-17-16-20-51(70)62(76)86-55/h13-15,18-19,37,42,44-46,48-56,58-59,71,73,79H,12,16-17,20-36,38-41,67H2,1-11H3,(H,68,77)/b15-13+,18-14+,43-19+,47-37+/t42-,44-,45-,46-,48-,49+,50+,51+,52-,53-,54+,55+,56-,58-,59+,66-/m1/s1. The van der Waals surface area contributed by atoms with Crippen molar-refractivity contribution in [2.45, 2.75) is 211 Å². The van der Waals surface area contributed by atoms with Gasteiger partial charge in [-0.2, -0.15) is 0 Å². The van der Waals surface area contributed by atoms with E-state index < -0.39 is 108 Å². The maximum Gasteiger partial charge on any atom is 0.410 e. The number of likely N-dealkylation sites (tertiary alicyclic amines) is 1. The molecule has 4 aliphatic heterocycles. The number of ether oxygens (including phenoxy) is 9. The maximum absolute atomic E-state index is 14.7. The smallest absolute Gasteiger partial charge is 0.410 e. The van der Waals surface area contributed by atoms with E-state index in [1.54, 1.807) is 46.0 Å². The molecule has 2 bridgehead atoms. The Morgan fingerprint density at radius 2 is 1.49 bits per heavy atom. The number of piperidine rings is 2. The number of hydrogen-bond donors (Lipinski definition) is 5. The Kier molecular flexibility index (Phi) is 30.8. The van der Waals surface area contributed by atoms with Gasteiger partial charge in [0.05, 0.1) is 63.0 Å². The second-order valence-corrected chi connectivity index (χ2v) is 25.5. The Morgan fingerprint density at radius 3 is 2.16 bits per heavy atom. The van der Waals surface area contributed by atoms with Crippen LogP contribution >= 0.6 is 0 Å². The Bertz CT molecular complexity index is 2360. The van der Waals surface area contributed by atoms with Crippen LogP contribution in [0, 0.1) is 35.5 Å². The van der Waals surface area contributed by atoms with E-state index >= 15 is 0 Å². The number of cyclic esters (lactones) is 1. The number of rotatable bonds is 18. The summed E-state index contributed by atoms with van der Waals surface area (Å²) < 4.78 is 52.5. The van der Waals surface area contributed by atoms with Crippen LogP contribution in [0.15, 0.2) is 47.6 Å². The van der Waals surface area contributed by atoms with Crippen molar-refractivity contribution in [1.82, 2.24) is 15.1 Å². The van der Waals surface area contributed by atoms with E-state index in [0.717, 1.165) is 5.57 Å². The number of esters is 1. The van der Waals surface area contributed by atoms with E-state index in [4.69, 9.17) is 48.4 Å². The number of Topliss-reactive ketones (excluding diaryl/α,β-unsaturated/α-hetero) is 2. The van der Waals surface area contributed by atoms with Gasteiger partial charge in [0.15, 0.2) is 5.78 Å². The molecule has 0 aromatic carbocycles. The number of fused-ring (bicyclic) bond motifs is 3. The predicted molar refractivity (Wildman–Crippen MR) is 329 cm³/mol. The summed E-state index contributed by atoms with van der Waals surface area (Å²) in [5.41, 5.74) is 6.68. The van der Waals surface area contributed by atoms with Gasteiger partial charge in [-0.1, -0.05) is 71.1 Å². The van der Waals surface area contributed by atoms with Gasteiger partial charge in [-0.15, -0.1) is 0 Å². The highest BCUT2D eigenvalue weighted by atomic mass is 16.6. The molecule has 4 heterocycles. The van der Waals surface area contributed by atoms with Crippen LogP contribution in [0.2, 0.25) is 0 Å². The zero-order chi connectivity index (χ0) is 64.7. The molecule has 0 unspecified atom stereocenters. The maximum atomic E-state index is 14.7. The van der Waals surface area contributed by atoms with Crippen LogP contribution in [0.25, 0.3) is 0 Å². The Hall–Kier alpha value is -4.46. The number of aliphatic hydroxyl groups is 3. The second kappa shape index (κ2) is 36.5. The highest BCUT2D eigenvalue weighted by molar-refractivity contribution is 6.39. The summed E-state index contributed by atoms with van der Waals surface area (Å²) in [4.78, 5) is 87.2. The third-order valence-corrected chi connectivity index (χ3v) is 18.7. The molecule has 22 heteroatoms. The number of allylic oxidation sites excluding steroid dienone is 5. The number of ketones is 2. The molecule has 6 N–H and O–H groups in total. The normalized spacial score (nSPS) is 35.3. The van der Waals surface area contributed by atoms with Crippen LogP contribution in [0.5, 0.6) is 0 Å². The quantitative estimate of drug-likeness (QED) is 0.0449. The molecule has 4 fully saturated rings. The molecule has 0 aromatic rings. The fourth-order valence-electron chi connectivity index (χ4n) is 12.9. The van der Waals surface area contributed by atoms with Crippen LogP contribution < -0.4 is 11.1 Å². The average molecular weight is 1250 g/mol. The minimum absolute atomic E-state index is 0.000838.